The minimum absolute atomic E-state index is 0.133. The zero-order valence-corrected chi connectivity index (χ0v) is 33.7. The zero-order valence-electron chi connectivity index (χ0n) is 32.9. The summed E-state index contributed by atoms with van der Waals surface area (Å²) in [6, 6.07) is 26.5. The molecule has 0 aromatic heterocycles. The number of hydrogen-bond donors (Lipinski definition) is 2. The lowest BCUT2D eigenvalue weighted by molar-refractivity contribution is 0.184. The van der Waals surface area contributed by atoms with Crippen LogP contribution >= 0.6 is 11.8 Å². The molecule has 0 atom stereocenters. The molecular weight excluding hydrogens is 633 g/mol. The zero-order chi connectivity index (χ0) is 37.1. The summed E-state index contributed by atoms with van der Waals surface area (Å²) in [5.74, 6) is 0.873. The van der Waals surface area contributed by atoms with Crippen molar-refractivity contribution in [1.29, 1.82) is 0 Å². The van der Waals surface area contributed by atoms with E-state index in [4.69, 9.17) is 4.74 Å². The highest BCUT2D eigenvalue weighted by atomic mass is 32.2. The molecule has 0 amide bonds. The van der Waals surface area contributed by atoms with Crippen LogP contribution in [-0.2, 0) is 45.8 Å². The predicted molar refractivity (Wildman–Crippen MR) is 213 cm³/mol. The number of methoxy groups -OCH3 is 1. The number of phenols is 2. The van der Waals surface area contributed by atoms with E-state index in [9.17, 15) is 10.2 Å². The molecule has 0 radical (unpaired) electrons. The minimum atomic E-state index is -0.144. The molecule has 4 rings (SSSR count). The van der Waals surface area contributed by atoms with Crippen LogP contribution in [0.25, 0.3) is 0 Å². The first-order valence-electron chi connectivity index (χ1n) is 18.3. The Morgan fingerprint density at radius 2 is 0.940 bits per heavy atom. The van der Waals surface area contributed by atoms with E-state index >= 15 is 0 Å². The first-order chi connectivity index (χ1) is 23.2. The Bertz CT molecular complexity index is 1690. The van der Waals surface area contributed by atoms with Gasteiger partial charge in [-0.2, -0.15) is 0 Å². The molecule has 0 unspecified atom stereocenters. The third-order valence-electron chi connectivity index (χ3n) is 9.81. The second-order valence-electron chi connectivity index (χ2n) is 17.9. The first kappa shape index (κ1) is 39.6. The molecule has 0 bridgehead atoms. The van der Waals surface area contributed by atoms with Gasteiger partial charge in [-0.3, -0.25) is 0 Å². The van der Waals surface area contributed by atoms with E-state index in [1.807, 2.05) is 0 Å². The van der Waals surface area contributed by atoms with Crippen LogP contribution in [0.3, 0.4) is 0 Å². The van der Waals surface area contributed by atoms with Gasteiger partial charge in [0.15, 0.2) is 0 Å². The Morgan fingerprint density at radius 3 is 1.40 bits per heavy atom. The molecular formula is C46H62O3S. The average molecular weight is 695 g/mol. The molecule has 270 valence electrons. The highest BCUT2D eigenvalue weighted by Crippen LogP contribution is 2.43. The summed E-state index contributed by atoms with van der Waals surface area (Å²) in [5, 5.41) is 22.4. The molecule has 2 N–H and O–H groups in total. The molecule has 4 heteroatoms. The lowest BCUT2D eigenvalue weighted by Crippen LogP contribution is -2.21. The van der Waals surface area contributed by atoms with Crippen LogP contribution in [0.2, 0.25) is 0 Å². The van der Waals surface area contributed by atoms with Crippen molar-refractivity contribution in [3.8, 4) is 11.5 Å². The van der Waals surface area contributed by atoms with Gasteiger partial charge >= 0.3 is 0 Å². The summed E-state index contributed by atoms with van der Waals surface area (Å²) >= 11 is 1.80. The quantitative estimate of drug-likeness (QED) is 0.145. The van der Waals surface area contributed by atoms with Crippen molar-refractivity contribution in [2.24, 2.45) is 0 Å². The van der Waals surface area contributed by atoms with E-state index in [0.29, 0.717) is 18.1 Å². The maximum Gasteiger partial charge on any atom is 0.123 e. The van der Waals surface area contributed by atoms with Crippen molar-refractivity contribution in [1.82, 2.24) is 0 Å². The van der Waals surface area contributed by atoms with Gasteiger partial charge in [0.2, 0.25) is 0 Å². The van der Waals surface area contributed by atoms with E-state index in [1.54, 1.807) is 18.9 Å². The van der Waals surface area contributed by atoms with E-state index in [2.05, 4.69) is 149 Å². The number of aryl methyl sites for hydroxylation is 1. The Kier molecular flexibility index (Phi) is 12.3. The van der Waals surface area contributed by atoms with Crippen molar-refractivity contribution in [3.63, 3.8) is 0 Å². The first-order valence-corrected chi connectivity index (χ1v) is 19.1. The van der Waals surface area contributed by atoms with Crippen molar-refractivity contribution in [3.05, 3.63) is 117 Å². The van der Waals surface area contributed by atoms with E-state index in [1.165, 1.54) is 26.5 Å². The lowest BCUT2D eigenvalue weighted by Gasteiger charge is -2.31. The number of rotatable bonds is 12. The van der Waals surface area contributed by atoms with Gasteiger partial charge < -0.3 is 14.9 Å². The summed E-state index contributed by atoms with van der Waals surface area (Å²) in [6.07, 6.45) is 5.09. The molecule has 4 aromatic rings. The van der Waals surface area contributed by atoms with E-state index in [0.717, 1.165) is 59.9 Å². The highest BCUT2D eigenvalue weighted by Gasteiger charge is 2.30. The molecule has 0 aliphatic rings. The average Bonchev–Trinajstić information content (AvgIpc) is 3.01. The fraction of sp³-hybridized carbons (Fsp3) is 0.478. The lowest BCUT2D eigenvalue weighted by atomic mass is 9.75. The smallest absolute Gasteiger partial charge is 0.123 e. The van der Waals surface area contributed by atoms with Gasteiger partial charge in [0.05, 0.1) is 6.61 Å². The molecule has 0 aliphatic carbocycles. The summed E-state index contributed by atoms with van der Waals surface area (Å²) in [4.78, 5) is 2.47. The number of hydrogen-bond acceptors (Lipinski definition) is 4. The van der Waals surface area contributed by atoms with Crippen molar-refractivity contribution < 1.29 is 14.9 Å². The van der Waals surface area contributed by atoms with E-state index < -0.39 is 0 Å². The predicted octanol–water partition coefficient (Wildman–Crippen LogP) is 12.6. The minimum Gasteiger partial charge on any atom is -0.507 e. The second-order valence-corrected chi connectivity index (χ2v) is 19.1. The molecule has 4 aromatic carbocycles. The molecule has 0 fully saturated rings. The van der Waals surface area contributed by atoms with Crippen molar-refractivity contribution in [2.45, 2.75) is 146 Å². The van der Waals surface area contributed by atoms with Gasteiger partial charge in [0.1, 0.15) is 11.5 Å². The summed E-state index contributed by atoms with van der Waals surface area (Å²) in [6.45, 7) is 24.5. The topological polar surface area (TPSA) is 49.7 Å². The summed E-state index contributed by atoms with van der Waals surface area (Å²) in [7, 11) is 1.72. The summed E-state index contributed by atoms with van der Waals surface area (Å²) in [5.41, 5.74) is 8.47. The Morgan fingerprint density at radius 1 is 0.520 bits per heavy atom. The maximum absolute atomic E-state index is 11.3. The molecule has 50 heavy (non-hydrogen) atoms. The van der Waals surface area contributed by atoms with Gasteiger partial charge in [-0.05, 0) is 123 Å². The molecule has 0 spiro atoms. The Labute approximate surface area is 307 Å². The van der Waals surface area contributed by atoms with E-state index in [-0.39, 0.29) is 21.7 Å². The van der Waals surface area contributed by atoms with Crippen molar-refractivity contribution in [2.75, 3.05) is 7.11 Å². The van der Waals surface area contributed by atoms with Gasteiger partial charge in [0, 0.05) is 22.5 Å². The molecule has 0 saturated heterocycles. The summed E-state index contributed by atoms with van der Waals surface area (Å²) < 4.78 is 5.45. The van der Waals surface area contributed by atoms with Crippen LogP contribution < -0.4 is 0 Å². The van der Waals surface area contributed by atoms with Crippen LogP contribution in [0.5, 0.6) is 11.5 Å². The number of phenolic OH excluding ortho intramolecular Hbond substituents is 2. The van der Waals surface area contributed by atoms with Crippen molar-refractivity contribution >= 4 is 11.8 Å². The van der Waals surface area contributed by atoms with Crippen LogP contribution in [0, 0.1) is 0 Å². The Balaban J connectivity index is 1.34. The number of unbranched alkanes of at least 4 members (excludes halogenated alkanes) is 1. The van der Waals surface area contributed by atoms with Gasteiger partial charge in [-0.25, -0.2) is 0 Å². The van der Waals surface area contributed by atoms with Crippen LogP contribution in [0.15, 0.2) is 82.6 Å². The maximum atomic E-state index is 11.3. The number of benzene rings is 4. The number of ether oxygens (including phenoxy) is 1. The second kappa shape index (κ2) is 15.6. The molecule has 0 aliphatic heterocycles. The molecule has 0 saturated carbocycles. The largest absolute Gasteiger partial charge is 0.507 e. The molecule has 0 heterocycles. The normalized spacial score (nSPS) is 12.8. The van der Waals surface area contributed by atoms with Gasteiger partial charge in [-0.15, -0.1) is 0 Å². The Hall–Kier alpha value is -3.21. The molecule has 3 nitrogen and oxygen atoms in total. The fourth-order valence-electron chi connectivity index (χ4n) is 6.77. The standard InChI is InChI=1S/C46H62O3S/c1-43(2,3)37-26-33(27-38(41(37)47)44(4,5)6)25-32-18-22-36(23-19-32)50-35-20-16-31(17-21-35)15-13-14-24-46(10,11)40-29-34(30-49-12)28-39(42(40)48)45(7,8)9/h16-23,26-29,47-48H,13-15,24-25,30H2,1-12H3. The number of aromatic hydroxyl groups is 2. The van der Waals surface area contributed by atoms with Gasteiger partial charge in [0.25, 0.3) is 0 Å². The van der Waals surface area contributed by atoms with Gasteiger partial charge in [-0.1, -0.05) is 131 Å². The highest BCUT2D eigenvalue weighted by molar-refractivity contribution is 7.99. The SMILES string of the molecule is COCc1cc(C(C)(C)C)c(O)c(C(C)(C)CCCCc2ccc(Sc3ccc(Cc4cc(C(C)(C)C)c(O)c(C(C)(C)C)c4)cc3)cc2)c1. The van der Waals surface area contributed by atoms with Crippen LogP contribution in [0.4, 0.5) is 0 Å². The third-order valence-corrected chi connectivity index (χ3v) is 10.8. The van der Waals surface area contributed by atoms with Crippen LogP contribution in [-0.4, -0.2) is 17.3 Å². The third kappa shape index (κ3) is 10.2. The monoisotopic (exact) mass is 694 g/mol. The van der Waals surface area contributed by atoms with Crippen LogP contribution in [0.1, 0.15) is 140 Å². The fourth-order valence-corrected chi connectivity index (χ4v) is 7.59.